The third-order valence-electron chi connectivity index (χ3n) is 4.86. The number of thiazole rings is 1. The zero-order chi connectivity index (χ0) is 21.8. The summed E-state index contributed by atoms with van der Waals surface area (Å²) in [5.74, 6) is 0.616. The highest BCUT2D eigenvalue weighted by Gasteiger charge is 2.20. The van der Waals surface area contributed by atoms with E-state index >= 15 is 0 Å². The lowest BCUT2D eigenvalue weighted by atomic mass is 10.2. The molecule has 4 aromatic rings. The minimum Gasteiger partial charge on any atom is -0.291 e. The van der Waals surface area contributed by atoms with Gasteiger partial charge in [-0.2, -0.15) is 4.68 Å². The second-order valence-corrected chi connectivity index (χ2v) is 9.63. The van der Waals surface area contributed by atoms with Gasteiger partial charge in [0.1, 0.15) is 0 Å². The molecule has 0 amide bonds. The van der Waals surface area contributed by atoms with Crippen LogP contribution in [0.1, 0.15) is 37.9 Å². The Labute approximate surface area is 194 Å². The van der Waals surface area contributed by atoms with Crippen LogP contribution in [0.15, 0.2) is 63.2 Å². The molecule has 0 unspecified atom stereocenters. The van der Waals surface area contributed by atoms with Gasteiger partial charge in [0, 0.05) is 27.9 Å². The van der Waals surface area contributed by atoms with E-state index in [9.17, 15) is 4.79 Å². The molecule has 2 aromatic heterocycles. The number of hydrogen-bond acceptors (Lipinski definition) is 5. The Morgan fingerprint density at radius 3 is 2.74 bits per heavy atom. The van der Waals surface area contributed by atoms with Gasteiger partial charge in [0.2, 0.25) is 5.13 Å². The fraction of sp³-hybridized carbons (Fsp3) is 0.261. The third-order valence-corrected chi connectivity index (χ3v) is 7.17. The Kier molecular flexibility index (Phi) is 6.95. The van der Waals surface area contributed by atoms with Gasteiger partial charge in [-0.15, -0.1) is 11.8 Å². The lowest BCUT2D eigenvalue weighted by Gasteiger charge is -2.04. The molecule has 1 N–H and O–H groups in total. The Morgan fingerprint density at radius 1 is 1.23 bits per heavy atom. The maximum atomic E-state index is 13.4. The highest BCUT2D eigenvalue weighted by molar-refractivity contribution is 7.98. The van der Waals surface area contributed by atoms with Crippen LogP contribution in [0.25, 0.3) is 15.3 Å². The molecule has 0 saturated heterocycles. The summed E-state index contributed by atoms with van der Waals surface area (Å²) in [7, 11) is 0. The van der Waals surface area contributed by atoms with E-state index in [1.807, 2.05) is 55.5 Å². The number of unbranched alkanes of at least 4 members (excludes halogenated alkanes) is 1. The van der Waals surface area contributed by atoms with Crippen molar-refractivity contribution in [1.82, 2.24) is 14.8 Å². The summed E-state index contributed by atoms with van der Waals surface area (Å²) in [4.78, 5) is 23.8. The van der Waals surface area contributed by atoms with Crippen LogP contribution in [-0.4, -0.2) is 27.0 Å². The van der Waals surface area contributed by atoms with E-state index in [2.05, 4.69) is 22.0 Å². The molecule has 0 fully saturated rings. The molecule has 4 rings (SSSR count). The first-order chi connectivity index (χ1) is 15.1. The van der Waals surface area contributed by atoms with Gasteiger partial charge in [0.25, 0.3) is 5.56 Å². The van der Waals surface area contributed by atoms with E-state index in [4.69, 9.17) is 11.6 Å². The molecule has 0 bridgehead atoms. The summed E-state index contributed by atoms with van der Waals surface area (Å²) in [5.41, 5.74) is 3.03. The molecular formula is C23H23ClN4OS2. The largest absolute Gasteiger partial charge is 0.291 e. The summed E-state index contributed by atoms with van der Waals surface area (Å²) in [6, 6.07) is 15.6. The molecule has 0 aliphatic heterocycles. The molecule has 2 aromatic carbocycles. The first-order valence-electron chi connectivity index (χ1n) is 10.2. The van der Waals surface area contributed by atoms with Crippen molar-refractivity contribution < 1.29 is 0 Å². The number of halogens is 1. The molecule has 2 heterocycles. The highest BCUT2D eigenvalue weighted by Crippen LogP contribution is 2.27. The van der Waals surface area contributed by atoms with Crippen molar-refractivity contribution in [1.29, 1.82) is 0 Å². The van der Waals surface area contributed by atoms with Crippen LogP contribution in [0.4, 0.5) is 0 Å². The number of nitrogens with one attached hydrogen (secondary N) is 1. The van der Waals surface area contributed by atoms with Gasteiger partial charge in [-0.1, -0.05) is 48.4 Å². The maximum absolute atomic E-state index is 13.4. The Hall–Kier alpha value is -2.35. The second-order valence-electron chi connectivity index (χ2n) is 7.13. The first-order valence-corrected chi connectivity index (χ1v) is 12.3. The number of rotatable bonds is 8. The van der Waals surface area contributed by atoms with Gasteiger partial charge in [0.15, 0.2) is 0 Å². The molecule has 5 nitrogen and oxygen atoms in total. The number of para-hydroxylation sites is 1. The number of H-pyrrole nitrogens is 1. The number of aliphatic imine (C=N–C) groups is 1. The predicted octanol–water partition coefficient (Wildman–Crippen LogP) is 6.33. The van der Waals surface area contributed by atoms with Crippen LogP contribution in [0.3, 0.4) is 0 Å². The zero-order valence-electron chi connectivity index (χ0n) is 17.4. The topological polar surface area (TPSA) is 63.0 Å². The van der Waals surface area contributed by atoms with Gasteiger partial charge in [-0.3, -0.25) is 14.9 Å². The molecule has 0 aliphatic rings. The normalized spacial score (nSPS) is 12.0. The van der Waals surface area contributed by atoms with Gasteiger partial charge in [0.05, 0.1) is 21.5 Å². The molecule has 8 heteroatoms. The van der Waals surface area contributed by atoms with Crippen LogP contribution in [0, 0.1) is 0 Å². The molecular weight excluding hydrogens is 448 g/mol. The van der Waals surface area contributed by atoms with E-state index in [0.717, 1.165) is 45.9 Å². The Bertz CT molecular complexity index is 1240. The van der Waals surface area contributed by atoms with E-state index < -0.39 is 0 Å². The molecule has 31 heavy (non-hydrogen) atoms. The molecule has 0 aliphatic carbocycles. The van der Waals surface area contributed by atoms with Crippen LogP contribution < -0.4 is 5.56 Å². The van der Waals surface area contributed by atoms with Gasteiger partial charge in [-0.25, -0.2) is 4.98 Å². The fourth-order valence-electron chi connectivity index (χ4n) is 3.22. The number of aromatic amines is 1. The standard InChI is InChI=1S/C23H23ClN4OS2/c1-3-4-13-25-15(2)21-19(14-30-17-11-9-16(24)10-12-17)27-28(22(21)29)23-26-18-7-5-6-8-20(18)31-23/h5-12,27H,3-4,13-14H2,1-2H3. The van der Waals surface area contributed by atoms with Crippen molar-refractivity contribution in [3.63, 3.8) is 0 Å². The smallest absolute Gasteiger partial charge is 0.282 e. The van der Waals surface area contributed by atoms with Gasteiger partial charge >= 0.3 is 0 Å². The Balaban J connectivity index is 1.72. The van der Waals surface area contributed by atoms with Crippen molar-refractivity contribution in [3.8, 4) is 5.13 Å². The summed E-state index contributed by atoms with van der Waals surface area (Å²) >= 11 is 9.15. The van der Waals surface area contributed by atoms with Gasteiger partial charge in [-0.05, 0) is 49.7 Å². The summed E-state index contributed by atoms with van der Waals surface area (Å²) < 4.78 is 2.60. The molecule has 0 saturated carbocycles. The van der Waals surface area contributed by atoms with Crippen LogP contribution >= 0.6 is 34.7 Å². The van der Waals surface area contributed by atoms with Crippen molar-refractivity contribution in [3.05, 3.63) is 75.2 Å². The molecule has 0 radical (unpaired) electrons. The monoisotopic (exact) mass is 470 g/mol. The number of fused-ring (bicyclic) bond motifs is 1. The lowest BCUT2D eigenvalue weighted by molar-refractivity contribution is 0.807. The predicted molar refractivity (Wildman–Crippen MR) is 133 cm³/mol. The number of aromatic nitrogens is 3. The second kappa shape index (κ2) is 9.85. The Morgan fingerprint density at radius 2 is 2.00 bits per heavy atom. The van der Waals surface area contributed by atoms with Crippen molar-refractivity contribution in [2.45, 2.75) is 37.3 Å². The number of hydrogen-bond donors (Lipinski definition) is 1. The fourth-order valence-corrected chi connectivity index (χ4v) is 5.12. The highest BCUT2D eigenvalue weighted by atomic mass is 35.5. The third kappa shape index (κ3) is 4.95. The lowest BCUT2D eigenvalue weighted by Crippen LogP contribution is -2.19. The number of thioether (sulfide) groups is 1. The molecule has 160 valence electrons. The molecule has 0 spiro atoms. The van der Waals surface area contributed by atoms with Crippen molar-refractivity contribution in [2.24, 2.45) is 4.99 Å². The average molecular weight is 471 g/mol. The van der Waals surface area contributed by atoms with Gasteiger partial charge < -0.3 is 0 Å². The number of nitrogens with zero attached hydrogens (tertiary/aromatic N) is 3. The van der Waals surface area contributed by atoms with E-state index in [1.165, 1.54) is 11.3 Å². The average Bonchev–Trinajstić information content (AvgIpc) is 3.34. The van der Waals surface area contributed by atoms with E-state index in [-0.39, 0.29) is 5.56 Å². The van der Waals surface area contributed by atoms with E-state index in [1.54, 1.807) is 16.4 Å². The zero-order valence-corrected chi connectivity index (χ0v) is 19.8. The molecule has 0 atom stereocenters. The number of benzene rings is 2. The van der Waals surface area contributed by atoms with Crippen molar-refractivity contribution in [2.75, 3.05) is 6.54 Å². The minimum absolute atomic E-state index is 0.108. The summed E-state index contributed by atoms with van der Waals surface area (Å²) in [6.07, 6.45) is 2.07. The van der Waals surface area contributed by atoms with Crippen LogP contribution in [-0.2, 0) is 5.75 Å². The van der Waals surface area contributed by atoms with Crippen molar-refractivity contribution >= 4 is 50.6 Å². The minimum atomic E-state index is -0.108. The maximum Gasteiger partial charge on any atom is 0.282 e. The SMILES string of the molecule is CCCCN=C(C)c1c(CSc2ccc(Cl)cc2)[nH]n(-c2nc3ccccc3s2)c1=O. The van der Waals surface area contributed by atoms with Crippen LogP contribution in [0.5, 0.6) is 0 Å². The summed E-state index contributed by atoms with van der Waals surface area (Å²) in [5, 5.41) is 4.65. The quantitative estimate of drug-likeness (QED) is 0.186. The first kappa shape index (κ1) is 21.9. The van der Waals surface area contributed by atoms with E-state index in [0.29, 0.717) is 21.5 Å². The van der Waals surface area contributed by atoms with Crippen LogP contribution in [0.2, 0.25) is 5.02 Å². The summed E-state index contributed by atoms with van der Waals surface area (Å²) in [6.45, 7) is 4.77.